The van der Waals surface area contributed by atoms with Crippen LogP contribution in [0, 0.1) is 20.8 Å². The lowest BCUT2D eigenvalue weighted by molar-refractivity contribution is 0.0698. The molecule has 0 aliphatic carbocycles. The average Bonchev–Trinajstić information content (AvgIpc) is 3.00. The molecule has 1 aromatic carbocycles. The molecule has 154 valence electrons. The highest BCUT2D eigenvalue weighted by molar-refractivity contribution is 6.07. The highest BCUT2D eigenvalue weighted by Gasteiger charge is 2.21. The van der Waals surface area contributed by atoms with Crippen molar-refractivity contribution in [2.75, 3.05) is 6.61 Å². The van der Waals surface area contributed by atoms with Crippen molar-refractivity contribution in [1.82, 2.24) is 9.38 Å². The summed E-state index contributed by atoms with van der Waals surface area (Å²) in [7, 11) is 0. The molecule has 0 amide bonds. The zero-order valence-electron chi connectivity index (χ0n) is 17.8. The molecule has 0 aliphatic heterocycles. The van der Waals surface area contributed by atoms with Crippen molar-refractivity contribution in [3.8, 4) is 17.1 Å². The molecule has 0 bridgehead atoms. The minimum absolute atomic E-state index is 0.216. The van der Waals surface area contributed by atoms with Gasteiger partial charge in [-0.3, -0.25) is 0 Å². The smallest absolute Gasteiger partial charge is 0.336 e. The number of carboxylic acid groups (broad SMARTS) is 1. The number of hydrogen-bond donors (Lipinski definition) is 1. The molecular weight excluding hydrogens is 376 g/mol. The molecule has 1 N–H and O–H groups in total. The predicted molar refractivity (Wildman–Crippen MR) is 120 cm³/mol. The van der Waals surface area contributed by atoms with Gasteiger partial charge in [0, 0.05) is 11.7 Å². The second-order valence-electron chi connectivity index (χ2n) is 7.72. The Bertz CT molecular complexity index is 1270. The highest BCUT2D eigenvalue weighted by atomic mass is 16.5. The fourth-order valence-corrected chi connectivity index (χ4v) is 3.99. The van der Waals surface area contributed by atoms with Crippen molar-refractivity contribution < 1.29 is 14.6 Å². The molecule has 0 saturated carbocycles. The number of aromatic nitrogens is 2. The molecule has 0 aliphatic rings. The summed E-state index contributed by atoms with van der Waals surface area (Å²) in [6, 6.07) is 11.5. The number of carbonyl (C=O) groups is 1. The molecule has 0 spiro atoms. The van der Waals surface area contributed by atoms with Crippen LogP contribution in [0.5, 0.6) is 5.75 Å². The molecule has 5 heteroatoms. The Morgan fingerprint density at radius 2 is 1.93 bits per heavy atom. The number of pyridine rings is 2. The van der Waals surface area contributed by atoms with Gasteiger partial charge in [0.2, 0.25) is 0 Å². The minimum Gasteiger partial charge on any atom is -0.493 e. The first-order valence-corrected chi connectivity index (χ1v) is 10.3. The van der Waals surface area contributed by atoms with Gasteiger partial charge in [-0.25, -0.2) is 9.78 Å². The number of unbranched alkanes of at least 4 members (excludes halogenated alkanes) is 1. The number of rotatable bonds is 6. The molecule has 4 aromatic rings. The van der Waals surface area contributed by atoms with E-state index < -0.39 is 5.97 Å². The molecule has 3 heterocycles. The summed E-state index contributed by atoms with van der Waals surface area (Å²) >= 11 is 0. The average molecular weight is 402 g/mol. The minimum atomic E-state index is -0.982. The molecule has 0 saturated heterocycles. The van der Waals surface area contributed by atoms with Crippen molar-refractivity contribution >= 4 is 22.4 Å². The van der Waals surface area contributed by atoms with E-state index in [0.29, 0.717) is 29.0 Å². The van der Waals surface area contributed by atoms with E-state index in [-0.39, 0.29) is 5.56 Å². The number of fused-ring (bicyclic) bond motifs is 2. The van der Waals surface area contributed by atoms with Crippen LogP contribution in [0.4, 0.5) is 0 Å². The Labute approximate surface area is 175 Å². The van der Waals surface area contributed by atoms with E-state index in [4.69, 9.17) is 9.72 Å². The lowest BCUT2D eigenvalue weighted by atomic mass is 10.0. The molecule has 0 radical (unpaired) electrons. The Kier molecular flexibility index (Phi) is 5.20. The van der Waals surface area contributed by atoms with Crippen molar-refractivity contribution in [2.24, 2.45) is 0 Å². The Morgan fingerprint density at radius 3 is 2.67 bits per heavy atom. The summed E-state index contributed by atoms with van der Waals surface area (Å²) in [4.78, 5) is 17.2. The zero-order valence-corrected chi connectivity index (χ0v) is 17.8. The van der Waals surface area contributed by atoms with E-state index in [0.717, 1.165) is 40.7 Å². The van der Waals surface area contributed by atoms with Crippen LogP contribution in [0.1, 0.15) is 46.8 Å². The molecule has 5 nitrogen and oxygen atoms in total. The quantitative estimate of drug-likeness (QED) is 0.404. The van der Waals surface area contributed by atoms with Crippen LogP contribution in [0.2, 0.25) is 0 Å². The number of aromatic carboxylic acids is 1. The van der Waals surface area contributed by atoms with Crippen LogP contribution < -0.4 is 4.74 Å². The van der Waals surface area contributed by atoms with Gasteiger partial charge in [-0.1, -0.05) is 25.5 Å². The van der Waals surface area contributed by atoms with Crippen LogP contribution in [0.3, 0.4) is 0 Å². The van der Waals surface area contributed by atoms with Gasteiger partial charge in [0.25, 0.3) is 0 Å². The summed E-state index contributed by atoms with van der Waals surface area (Å²) in [6.07, 6.45) is 3.92. The zero-order chi connectivity index (χ0) is 21.4. The van der Waals surface area contributed by atoms with Crippen LogP contribution in [-0.4, -0.2) is 27.1 Å². The molecule has 3 aromatic heterocycles. The molecule has 30 heavy (non-hydrogen) atoms. The van der Waals surface area contributed by atoms with Crippen molar-refractivity contribution in [2.45, 2.75) is 40.5 Å². The number of benzene rings is 1. The summed E-state index contributed by atoms with van der Waals surface area (Å²) in [5.41, 5.74) is 6.74. The number of ether oxygens (including phenoxy) is 1. The van der Waals surface area contributed by atoms with Gasteiger partial charge in [0.05, 0.1) is 34.5 Å². The van der Waals surface area contributed by atoms with Crippen LogP contribution >= 0.6 is 0 Å². The van der Waals surface area contributed by atoms with E-state index in [1.807, 2.05) is 37.4 Å². The van der Waals surface area contributed by atoms with Crippen molar-refractivity contribution in [3.05, 3.63) is 64.8 Å². The fraction of sp³-hybridized carbons (Fsp3) is 0.280. The van der Waals surface area contributed by atoms with E-state index in [2.05, 4.69) is 31.2 Å². The van der Waals surface area contributed by atoms with Crippen molar-refractivity contribution in [3.63, 3.8) is 0 Å². The molecule has 0 unspecified atom stereocenters. The number of nitrogens with zero attached hydrogens (tertiary/aromatic N) is 2. The highest BCUT2D eigenvalue weighted by Crippen LogP contribution is 2.36. The van der Waals surface area contributed by atoms with Gasteiger partial charge in [-0.2, -0.15) is 0 Å². The fourth-order valence-electron chi connectivity index (χ4n) is 3.99. The Morgan fingerprint density at radius 1 is 1.13 bits per heavy atom. The van der Waals surface area contributed by atoms with E-state index >= 15 is 0 Å². The lowest BCUT2D eigenvalue weighted by Crippen LogP contribution is -2.05. The first-order chi connectivity index (χ1) is 14.4. The normalized spacial score (nSPS) is 11.3. The van der Waals surface area contributed by atoms with Gasteiger partial charge >= 0.3 is 5.97 Å². The van der Waals surface area contributed by atoms with Gasteiger partial charge in [-0.15, -0.1) is 0 Å². The first-order valence-electron chi connectivity index (χ1n) is 10.3. The summed E-state index contributed by atoms with van der Waals surface area (Å²) < 4.78 is 8.03. The second-order valence-corrected chi connectivity index (χ2v) is 7.72. The van der Waals surface area contributed by atoms with Gasteiger partial charge in [0.1, 0.15) is 5.75 Å². The first kappa shape index (κ1) is 20.0. The third-order valence-corrected chi connectivity index (χ3v) is 5.76. The number of carboxylic acids is 1. The Balaban J connectivity index is 2.02. The standard InChI is InChI=1S/C25H26N2O3/c1-5-6-13-30-21-11-10-15(2)23-22(21)18(25(28)29)14-19(26-23)24-17(4)16(3)20-9-7-8-12-27(20)24/h7-12,14H,5-6,13H2,1-4H3,(H,28,29). The lowest BCUT2D eigenvalue weighted by Gasteiger charge is -2.14. The van der Waals surface area contributed by atoms with Gasteiger partial charge in [0.15, 0.2) is 0 Å². The largest absolute Gasteiger partial charge is 0.493 e. The molecule has 4 rings (SSSR count). The van der Waals surface area contributed by atoms with Gasteiger partial charge in [-0.05, 0) is 68.1 Å². The molecule has 0 atom stereocenters. The maximum absolute atomic E-state index is 12.3. The van der Waals surface area contributed by atoms with Crippen LogP contribution in [-0.2, 0) is 0 Å². The topological polar surface area (TPSA) is 63.8 Å². The summed E-state index contributed by atoms with van der Waals surface area (Å²) in [5.74, 6) is -0.404. The maximum Gasteiger partial charge on any atom is 0.336 e. The number of aryl methyl sites for hydroxylation is 2. The summed E-state index contributed by atoms with van der Waals surface area (Å²) in [6.45, 7) is 8.74. The Hall–Kier alpha value is -3.34. The van der Waals surface area contributed by atoms with E-state index in [9.17, 15) is 9.90 Å². The van der Waals surface area contributed by atoms with Crippen molar-refractivity contribution in [1.29, 1.82) is 0 Å². The van der Waals surface area contributed by atoms with E-state index in [1.165, 1.54) is 0 Å². The SMILES string of the molecule is CCCCOc1ccc(C)c2nc(-c3c(C)c(C)c4ccccn34)cc(C(=O)O)c12. The van der Waals surface area contributed by atoms with Crippen LogP contribution in [0.15, 0.2) is 42.6 Å². The third kappa shape index (κ3) is 3.20. The van der Waals surface area contributed by atoms with E-state index in [1.54, 1.807) is 6.07 Å². The monoisotopic (exact) mass is 402 g/mol. The second kappa shape index (κ2) is 7.82. The maximum atomic E-state index is 12.3. The number of hydrogen-bond acceptors (Lipinski definition) is 3. The van der Waals surface area contributed by atoms with Gasteiger partial charge < -0.3 is 14.2 Å². The summed E-state index contributed by atoms with van der Waals surface area (Å²) in [5, 5.41) is 10.6. The van der Waals surface area contributed by atoms with Crippen LogP contribution in [0.25, 0.3) is 27.8 Å². The molecule has 0 fully saturated rings. The third-order valence-electron chi connectivity index (χ3n) is 5.76. The predicted octanol–water partition coefficient (Wildman–Crippen LogP) is 5.96. The molecular formula is C25H26N2O3.